The summed E-state index contributed by atoms with van der Waals surface area (Å²) in [5.74, 6) is 1.23. The number of hydrogen-bond donors (Lipinski definition) is 1. The van der Waals surface area contributed by atoms with Gasteiger partial charge in [0.15, 0.2) is 11.0 Å². The van der Waals surface area contributed by atoms with E-state index in [-0.39, 0.29) is 11.7 Å². The van der Waals surface area contributed by atoms with Gasteiger partial charge in [-0.25, -0.2) is 5.43 Å². The second kappa shape index (κ2) is 11.4. The second-order valence-electron chi connectivity index (χ2n) is 7.46. The third-order valence-electron chi connectivity index (χ3n) is 4.95. The average molecular weight is 526 g/mol. The van der Waals surface area contributed by atoms with Crippen molar-refractivity contribution in [1.82, 2.24) is 20.2 Å². The number of hydrazone groups is 1. The topological polar surface area (TPSA) is 81.4 Å². The molecule has 0 saturated carbocycles. The van der Waals surface area contributed by atoms with E-state index in [0.29, 0.717) is 26.6 Å². The normalized spacial score (nSPS) is 11.1. The fourth-order valence-electron chi connectivity index (χ4n) is 3.15. The molecule has 4 rings (SSSR count). The Kier molecular flexibility index (Phi) is 8.07. The van der Waals surface area contributed by atoms with Crippen molar-refractivity contribution >= 4 is 47.1 Å². The fraction of sp³-hybridized carbons (Fsp3) is 0.120. The van der Waals surface area contributed by atoms with Crippen molar-refractivity contribution < 1.29 is 9.53 Å². The minimum atomic E-state index is -0.285. The van der Waals surface area contributed by atoms with Gasteiger partial charge < -0.3 is 4.74 Å². The average Bonchev–Trinajstić information content (AvgIpc) is 3.29. The van der Waals surface area contributed by atoms with Gasteiger partial charge in [0.2, 0.25) is 0 Å². The van der Waals surface area contributed by atoms with E-state index in [9.17, 15) is 4.79 Å². The molecule has 35 heavy (non-hydrogen) atoms. The van der Waals surface area contributed by atoms with Crippen LogP contribution >= 0.6 is 35.0 Å². The predicted octanol–water partition coefficient (Wildman–Crippen LogP) is 5.80. The largest absolute Gasteiger partial charge is 0.497 e. The van der Waals surface area contributed by atoms with E-state index in [0.717, 1.165) is 22.6 Å². The van der Waals surface area contributed by atoms with Gasteiger partial charge in [-0.15, -0.1) is 10.2 Å². The molecular weight excluding hydrogens is 505 g/mol. The minimum Gasteiger partial charge on any atom is -0.497 e. The number of benzene rings is 3. The van der Waals surface area contributed by atoms with Crippen molar-refractivity contribution in [2.75, 3.05) is 12.9 Å². The van der Waals surface area contributed by atoms with Gasteiger partial charge in [0.1, 0.15) is 5.75 Å². The maximum absolute atomic E-state index is 12.4. The van der Waals surface area contributed by atoms with Gasteiger partial charge in [-0.3, -0.25) is 9.36 Å². The Balaban J connectivity index is 1.51. The molecule has 0 unspecified atom stereocenters. The molecule has 7 nitrogen and oxygen atoms in total. The monoisotopic (exact) mass is 525 g/mol. The third-order valence-corrected chi connectivity index (χ3v) is 6.62. The summed E-state index contributed by atoms with van der Waals surface area (Å²) in [6.45, 7) is 2.03. The molecule has 1 N–H and O–H groups in total. The number of aryl methyl sites for hydroxylation is 1. The van der Waals surface area contributed by atoms with E-state index < -0.39 is 0 Å². The first-order valence-corrected chi connectivity index (χ1v) is 12.3. The lowest BCUT2D eigenvalue weighted by molar-refractivity contribution is -0.118. The zero-order chi connectivity index (χ0) is 24.8. The Morgan fingerprint density at radius 2 is 1.80 bits per heavy atom. The number of hydrogen-bond acceptors (Lipinski definition) is 6. The zero-order valence-electron chi connectivity index (χ0n) is 18.9. The standard InChI is InChI=1S/C25H21Cl2N5O2S/c1-16-3-6-18(7-4-16)24-30-31-25(32(24)19-8-10-20(34-2)11-9-19)35-15-23(33)29-28-14-17-5-12-21(26)22(27)13-17/h3-14H,15H2,1-2H3,(H,29,33)/b28-14+. The molecule has 0 spiro atoms. The molecule has 0 aliphatic carbocycles. The van der Waals surface area contributed by atoms with Gasteiger partial charge in [-0.1, -0.05) is 70.9 Å². The molecule has 0 aliphatic rings. The number of aromatic nitrogens is 3. The highest BCUT2D eigenvalue weighted by Gasteiger charge is 2.17. The molecule has 0 aliphatic heterocycles. The van der Waals surface area contributed by atoms with E-state index in [1.54, 1.807) is 25.3 Å². The lowest BCUT2D eigenvalue weighted by Gasteiger charge is -2.11. The SMILES string of the molecule is COc1ccc(-n2c(SCC(=O)N/N=C/c3ccc(Cl)c(Cl)c3)nnc2-c2ccc(C)cc2)cc1. The zero-order valence-corrected chi connectivity index (χ0v) is 21.2. The van der Waals surface area contributed by atoms with Crippen LogP contribution in [-0.2, 0) is 4.79 Å². The Hall–Kier alpha value is -3.33. The third kappa shape index (κ3) is 6.22. The van der Waals surface area contributed by atoms with Crippen LogP contribution in [0.3, 0.4) is 0 Å². The maximum atomic E-state index is 12.4. The predicted molar refractivity (Wildman–Crippen MR) is 141 cm³/mol. The van der Waals surface area contributed by atoms with Gasteiger partial charge >= 0.3 is 0 Å². The molecule has 1 heterocycles. The van der Waals surface area contributed by atoms with Gasteiger partial charge in [-0.05, 0) is 48.9 Å². The summed E-state index contributed by atoms with van der Waals surface area (Å²) in [5.41, 5.74) is 6.15. The maximum Gasteiger partial charge on any atom is 0.250 e. The van der Waals surface area contributed by atoms with E-state index in [4.69, 9.17) is 27.9 Å². The molecule has 1 aromatic heterocycles. The number of amides is 1. The van der Waals surface area contributed by atoms with Crippen LogP contribution < -0.4 is 10.2 Å². The van der Waals surface area contributed by atoms with Gasteiger partial charge in [0.05, 0.1) is 29.1 Å². The first-order valence-electron chi connectivity index (χ1n) is 10.5. The summed E-state index contributed by atoms with van der Waals surface area (Å²) >= 11 is 13.2. The van der Waals surface area contributed by atoms with Crippen LogP contribution in [0.15, 0.2) is 77.0 Å². The molecule has 10 heteroatoms. The molecule has 3 aromatic carbocycles. The summed E-state index contributed by atoms with van der Waals surface area (Å²) in [4.78, 5) is 12.4. The first-order chi connectivity index (χ1) is 16.9. The lowest BCUT2D eigenvalue weighted by Crippen LogP contribution is -2.20. The molecule has 0 bridgehead atoms. The van der Waals surface area contributed by atoms with Gasteiger partial charge in [0.25, 0.3) is 5.91 Å². The minimum absolute atomic E-state index is 0.0981. The number of rotatable bonds is 8. The summed E-state index contributed by atoms with van der Waals surface area (Å²) in [6.07, 6.45) is 1.50. The van der Waals surface area contributed by atoms with Crippen LogP contribution in [0.4, 0.5) is 0 Å². The second-order valence-corrected chi connectivity index (χ2v) is 9.22. The van der Waals surface area contributed by atoms with Crippen LogP contribution in [0, 0.1) is 6.92 Å². The Labute approximate surface area is 217 Å². The van der Waals surface area contributed by atoms with Crippen molar-refractivity contribution in [3.8, 4) is 22.8 Å². The number of carbonyl (C=O) groups is 1. The quantitative estimate of drug-likeness (QED) is 0.178. The smallest absolute Gasteiger partial charge is 0.250 e. The lowest BCUT2D eigenvalue weighted by atomic mass is 10.1. The van der Waals surface area contributed by atoms with Crippen molar-refractivity contribution in [3.63, 3.8) is 0 Å². The summed E-state index contributed by atoms with van der Waals surface area (Å²) < 4.78 is 7.20. The van der Waals surface area contributed by atoms with Gasteiger partial charge in [0, 0.05) is 11.3 Å². The van der Waals surface area contributed by atoms with Crippen LogP contribution in [0.25, 0.3) is 17.1 Å². The number of thioether (sulfide) groups is 1. The highest BCUT2D eigenvalue weighted by Crippen LogP contribution is 2.29. The molecule has 1 amide bonds. The molecule has 0 radical (unpaired) electrons. The molecule has 4 aromatic rings. The Morgan fingerprint density at radius 1 is 1.06 bits per heavy atom. The Morgan fingerprint density at radius 3 is 2.49 bits per heavy atom. The molecule has 178 valence electrons. The van der Waals surface area contributed by atoms with Crippen molar-refractivity contribution in [2.45, 2.75) is 12.1 Å². The number of halogens is 2. The van der Waals surface area contributed by atoms with E-state index >= 15 is 0 Å². The molecule has 0 atom stereocenters. The van der Waals surface area contributed by atoms with E-state index in [2.05, 4.69) is 20.7 Å². The first kappa shape index (κ1) is 24.8. The number of ether oxygens (including phenoxy) is 1. The van der Waals surface area contributed by atoms with Crippen molar-refractivity contribution in [3.05, 3.63) is 87.9 Å². The number of methoxy groups -OCH3 is 1. The summed E-state index contributed by atoms with van der Waals surface area (Å²) in [5, 5.41) is 14.2. The molecular formula is C25H21Cl2N5O2S. The highest BCUT2D eigenvalue weighted by molar-refractivity contribution is 7.99. The number of nitrogens with one attached hydrogen (secondary N) is 1. The van der Waals surface area contributed by atoms with Crippen LogP contribution in [0.1, 0.15) is 11.1 Å². The summed E-state index contributed by atoms with van der Waals surface area (Å²) in [6, 6.07) is 20.7. The fourth-order valence-corrected chi connectivity index (χ4v) is 4.20. The van der Waals surface area contributed by atoms with Crippen molar-refractivity contribution in [2.24, 2.45) is 5.10 Å². The number of nitrogens with zero attached hydrogens (tertiary/aromatic N) is 4. The Bertz CT molecular complexity index is 1360. The number of carbonyl (C=O) groups excluding carboxylic acids is 1. The van der Waals surface area contributed by atoms with Gasteiger partial charge in [-0.2, -0.15) is 5.10 Å². The van der Waals surface area contributed by atoms with Crippen LogP contribution in [0.5, 0.6) is 5.75 Å². The van der Waals surface area contributed by atoms with Crippen LogP contribution in [0.2, 0.25) is 10.0 Å². The highest BCUT2D eigenvalue weighted by atomic mass is 35.5. The van der Waals surface area contributed by atoms with Crippen LogP contribution in [-0.4, -0.2) is 39.7 Å². The van der Waals surface area contributed by atoms with Crippen molar-refractivity contribution in [1.29, 1.82) is 0 Å². The summed E-state index contributed by atoms with van der Waals surface area (Å²) in [7, 11) is 1.62. The molecule has 0 saturated heterocycles. The van der Waals surface area contributed by atoms with E-state index in [1.807, 2.05) is 60.0 Å². The molecule has 0 fully saturated rings. The van der Waals surface area contributed by atoms with E-state index in [1.165, 1.54) is 18.0 Å².